The van der Waals surface area contributed by atoms with E-state index in [1.54, 1.807) is 24.3 Å². The van der Waals surface area contributed by atoms with Crippen LogP contribution in [0.5, 0.6) is 0 Å². The van der Waals surface area contributed by atoms with E-state index in [0.717, 1.165) is 28.8 Å². The summed E-state index contributed by atoms with van der Waals surface area (Å²) >= 11 is 0. The maximum atomic E-state index is 12.9. The fourth-order valence-electron chi connectivity index (χ4n) is 3.64. The van der Waals surface area contributed by atoms with E-state index in [1.807, 2.05) is 49.9 Å². The number of hydrogen-bond acceptors (Lipinski definition) is 5. The number of nitrogens with zero attached hydrogens (tertiary/aromatic N) is 3. The molecule has 0 unspecified atom stereocenters. The summed E-state index contributed by atoms with van der Waals surface area (Å²) in [6.45, 7) is 7.19. The summed E-state index contributed by atoms with van der Waals surface area (Å²) in [6, 6.07) is 14.6. The highest BCUT2D eigenvalue weighted by atomic mass is 32.2. The van der Waals surface area contributed by atoms with E-state index in [0.29, 0.717) is 13.1 Å². The van der Waals surface area contributed by atoms with Gasteiger partial charge in [-0.3, -0.25) is 4.79 Å². The molecule has 0 saturated carbocycles. The van der Waals surface area contributed by atoms with Crippen molar-refractivity contribution in [3.63, 3.8) is 0 Å². The highest BCUT2D eigenvalue weighted by Gasteiger charge is 2.28. The lowest BCUT2D eigenvalue weighted by molar-refractivity contribution is -0.112. The summed E-state index contributed by atoms with van der Waals surface area (Å²) in [5, 5.41) is 12.4. The highest BCUT2D eigenvalue weighted by molar-refractivity contribution is 7.89. The molecule has 0 radical (unpaired) electrons. The van der Waals surface area contributed by atoms with Crippen LogP contribution < -0.4 is 5.32 Å². The second-order valence-electron chi connectivity index (χ2n) is 7.82. The number of rotatable bonds is 6. The molecule has 1 heterocycles. The van der Waals surface area contributed by atoms with Crippen molar-refractivity contribution < 1.29 is 13.2 Å². The molecule has 0 aromatic heterocycles. The first-order chi connectivity index (χ1) is 15.3. The number of carbonyl (C=O) groups is 1. The van der Waals surface area contributed by atoms with E-state index in [1.165, 1.54) is 10.5 Å². The molecule has 2 aromatic rings. The van der Waals surface area contributed by atoms with E-state index in [-0.39, 0.29) is 23.6 Å². The second kappa shape index (κ2) is 9.98. The monoisotopic (exact) mass is 452 g/mol. The van der Waals surface area contributed by atoms with Gasteiger partial charge in [0.15, 0.2) is 0 Å². The number of anilines is 1. The number of piperazine rings is 1. The van der Waals surface area contributed by atoms with Gasteiger partial charge >= 0.3 is 0 Å². The Morgan fingerprint density at radius 1 is 1.09 bits per heavy atom. The van der Waals surface area contributed by atoms with Gasteiger partial charge in [0, 0.05) is 38.1 Å². The Bertz CT molecular complexity index is 1160. The molecule has 0 aliphatic carbocycles. The highest BCUT2D eigenvalue weighted by Crippen LogP contribution is 2.22. The van der Waals surface area contributed by atoms with Gasteiger partial charge < -0.3 is 10.2 Å². The van der Waals surface area contributed by atoms with Crippen LogP contribution in [0.15, 0.2) is 59.1 Å². The van der Waals surface area contributed by atoms with Crippen LogP contribution in [0.25, 0.3) is 0 Å². The van der Waals surface area contributed by atoms with Gasteiger partial charge in [-0.2, -0.15) is 9.57 Å². The van der Waals surface area contributed by atoms with Crippen LogP contribution in [-0.2, 0) is 21.2 Å². The van der Waals surface area contributed by atoms with Crippen molar-refractivity contribution in [2.75, 3.05) is 31.5 Å². The van der Waals surface area contributed by atoms with Crippen molar-refractivity contribution in [3.8, 4) is 6.07 Å². The largest absolute Gasteiger partial charge is 0.373 e. The standard InChI is InChI=1S/C24H28N4O3S/c1-4-20-7-5-6-19(3)23(20)26-24(29)21(16-25)17-27-12-14-28(15-13-27)32(30,31)22-10-8-18(2)9-11-22/h5-11,17H,4,12-15H2,1-3H3,(H,26,29)/b21-17-. The number of hydrogen-bond donors (Lipinski definition) is 1. The molecule has 1 amide bonds. The lowest BCUT2D eigenvalue weighted by atomic mass is 10.1. The smallest absolute Gasteiger partial charge is 0.267 e. The molecule has 0 atom stereocenters. The molecule has 1 N–H and O–H groups in total. The summed E-state index contributed by atoms with van der Waals surface area (Å²) in [5.74, 6) is -0.466. The SMILES string of the molecule is CCc1cccc(C)c1NC(=O)/C(C#N)=C\N1CCN(S(=O)(=O)c2ccc(C)cc2)CC1. The minimum Gasteiger partial charge on any atom is -0.373 e. The predicted molar refractivity (Wildman–Crippen MR) is 124 cm³/mol. The molecular weight excluding hydrogens is 424 g/mol. The molecule has 0 bridgehead atoms. The molecule has 2 aromatic carbocycles. The average molecular weight is 453 g/mol. The van der Waals surface area contributed by atoms with Crippen molar-refractivity contribution in [3.05, 3.63) is 70.9 Å². The van der Waals surface area contributed by atoms with Gasteiger partial charge in [0.25, 0.3) is 5.91 Å². The minimum atomic E-state index is -3.56. The number of aryl methyl sites for hydroxylation is 3. The summed E-state index contributed by atoms with van der Waals surface area (Å²) in [7, 11) is -3.56. The van der Waals surface area contributed by atoms with Crippen LogP contribution in [0.2, 0.25) is 0 Å². The number of para-hydroxylation sites is 1. The lowest BCUT2D eigenvalue weighted by Crippen LogP contribution is -2.46. The van der Waals surface area contributed by atoms with Crippen LogP contribution in [-0.4, -0.2) is 49.7 Å². The Labute approximate surface area is 190 Å². The number of benzene rings is 2. The van der Waals surface area contributed by atoms with E-state index in [9.17, 15) is 18.5 Å². The molecule has 1 fully saturated rings. The molecule has 32 heavy (non-hydrogen) atoms. The first kappa shape index (κ1) is 23.5. The zero-order valence-electron chi connectivity index (χ0n) is 18.6. The van der Waals surface area contributed by atoms with Crippen LogP contribution in [0.4, 0.5) is 5.69 Å². The van der Waals surface area contributed by atoms with Gasteiger partial charge in [0.05, 0.1) is 4.90 Å². The Morgan fingerprint density at radius 3 is 2.34 bits per heavy atom. The molecular formula is C24H28N4O3S. The number of sulfonamides is 1. The summed E-state index contributed by atoms with van der Waals surface area (Å²) in [5.41, 5.74) is 3.66. The van der Waals surface area contributed by atoms with E-state index < -0.39 is 15.9 Å². The number of nitrogens with one attached hydrogen (secondary N) is 1. The van der Waals surface area contributed by atoms with Gasteiger partial charge in [-0.15, -0.1) is 0 Å². The third kappa shape index (κ3) is 5.18. The van der Waals surface area contributed by atoms with Crippen molar-refractivity contribution in [1.29, 1.82) is 5.26 Å². The topological polar surface area (TPSA) is 93.5 Å². The van der Waals surface area contributed by atoms with Crippen molar-refractivity contribution >= 4 is 21.6 Å². The first-order valence-corrected chi connectivity index (χ1v) is 12.0. The maximum Gasteiger partial charge on any atom is 0.267 e. The molecule has 1 aliphatic heterocycles. The summed E-state index contributed by atoms with van der Waals surface area (Å²) < 4.78 is 27.2. The normalized spacial score (nSPS) is 15.3. The average Bonchev–Trinajstić information content (AvgIpc) is 2.79. The third-order valence-electron chi connectivity index (χ3n) is 5.59. The van der Waals surface area contributed by atoms with E-state index >= 15 is 0 Å². The van der Waals surface area contributed by atoms with E-state index in [2.05, 4.69) is 5.32 Å². The number of amides is 1. The zero-order valence-corrected chi connectivity index (χ0v) is 19.4. The van der Waals surface area contributed by atoms with Gasteiger partial charge in [-0.25, -0.2) is 8.42 Å². The van der Waals surface area contributed by atoms with Gasteiger partial charge in [-0.05, 0) is 43.5 Å². The van der Waals surface area contributed by atoms with Crippen molar-refractivity contribution in [1.82, 2.24) is 9.21 Å². The molecule has 3 rings (SSSR count). The molecule has 7 nitrogen and oxygen atoms in total. The molecule has 1 saturated heterocycles. The maximum absolute atomic E-state index is 12.9. The summed E-state index contributed by atoms with van der Waals surface area (Å²) in [4.78, 5) is 14.8. The van der Waals surface area contributed by atoms with Crippen LogP contribution >= 0.6 is 0 Å². The quantitative estimate of drug-likeness (QED) is 0.537. The fraction of sp³-hybridized carbons (Fsp3) is 0.333. The number of carbonyl (C=O) groups excluding carboxylic acids is 1. The van der Waals surface area contributed by atoms with Crippen LogP contribution in [0.3, 0.4) is 0 Å². The molecule has 0 spiro atoms. The Kier molecular flexibility index (Phi) is 7.33. The van der Waals surface area contributed by atoms with Gasteiger partial charge in [0.2, 0.25) is 10.0 Å². The third-order valence-corrected chi connectivity index (χ3v) is 7.50. The number of nitriles is 1. The van der Waals surface area contributed by atoms with Gasteiger partial charge in [0.1, 0.15) is 11.6 Å². The summed E-state index contributed by atoms with van der Waals surface area (Å²) in [6.07, 6.45) is 2.29. The lowest BCUT2D eigenvalue weighted by Gasteiger charge is -2.33. The van der Waals surface area contributed by atoms with Gasteiger partial charge in [-0.1, -0.05) is 42.8 Å². The first-order valence-electron chi connectivity index (χ1n) is 10.6. The predicted octanol–water partition coefficient (Wildman–Crippen LogP) is 3.22. The molecule has 1 aliphatic rings. The zero-order chi connectivity index (χ0) is 23.3. The Balaban J connectivity index is 1.68. The van der Waals surface area contributed by atoms with Crippen LogP contribution in [0, 0.1) is 25.2 Å². The van der Waals surface area contributed by atoms with E-state index in [4.69, 9.17) is 0 Å². The molecule has 168 valence electrons. The fourth-order valence-corrected chi connectivity index (χ4v) is 5.06. The second-order valence-corrected chi connectivity index (χ2v) is 9.76. The van der Waals surface area contributed by atoms with Crippen LogP contribution in [0.1, 0.15) is 23.6 Å². The Morgan fingerprint density at radius 2 is 1.75 bits per heavy atom. The van der Waals surface area contributed by atoms with Crippen molar-refractivity contribution in [2.24, 2.45) is 0 Å². The Hall–Kier alpha value is -3.15. The minimum absolute atomic E-state index is 0.00912. The van der Waals surface area contributed by atoms with Crippen molar-refractivity contribution in [2.45, 2.75) is 32.1 Å². The molecule has 8 heteroatoms.